The number of piperazine rings is 1. The fourth-order valence-electron chi connectivity index (χ4n) is 2.07. The number of thiophene rings is 1. The number of aryl methyl sites for hydroxylation is 1. The van der Waals surface area contributed by atoms with Crippen LogP contribution in [0.5, 0.6) is 0 Å². The number of carbonyl (C=O) groups is 2. The second-order valence-corrected chi connectivity index (χ2v) is 6.65. The summed E-state index contributed by atoms with van der Waals surface area (Å²) < 4.78 is 0.973. The number of amides is 2. The van der Waals surface area contributed by atoms with E-state index in [1.807, 2.05) is 19.9 Å². The van der Waals surface area contributed by atoms with Crippen molar-refractivity contribution >= 4 is 39.1 Å². The van der Waals surface area contributed by atoms with Gasteiger partial charge in [-0.05, 0) is 40.9 Å². The van der Waals surface area contributed by atoms with Crippen LogP contribution in [-0.2, 0) is 4.79 Å². The first-order valence-electron chi connectivity index (χ1n) is 5.89. The van der Waals surface area contributed by atoms with Crippen LogP contribution in [0.15, 0.2) is 9.85 Å². The normalized spacial score (nSPS) is 19.8. The summed E-state index contributed by atoms with van der Waals surface area (Å²) >= 11 is 4.84. The van der Waals surface area contributed by atoms with E-state index in [-0.39, 0.29) is 17.9 Å². The molecule has 1 aliphatic heterocycles. The zero-order valence-electron chi connectivity index (χ0n) is 10.3. The molecule has 0 saturated carbocycles. The van der Waals surface area contributed by atoms with Crippen LogP contribution in [0.25, 0.3) is 0 Å². The van der Waals surface area contributed by atoms with Crippen molar-refractivity contribution in [3.8, 4) is 0 Å². The minimum Gasteiger partial charge on any atom is -0.353 e. The Labute approximate surface area is 118 Å². The van der Waals surface area contributed by atoms with Crippen molar-refractivity contribution < 1.29 is 9.59 Å². The lowest BCUT2D eigenvalue weighted by molar-refractivity contribution is -0.127. The summed E-state index contributed by atoms with van der Waals surface area (Å²) in [6.07, 6.45) is 0.642. The molecule has 98 valence electrons. The van der Waals surface area contributed by atoms with Crippen LogP contribution in [0.4, 0.5) is 0 Å². The molecular weight excluding hydrogens is 316 g/mol. The predicted octanol–water partition coefficient (Wildman–Crippen LogP) is 2.17. The summed E-state index contributed by atoms with van der Waals surface area (Å²) in [6.45, 7) is 4.99. The predicted molar refractivity (Wildman–Crippen MR) is 74.9 cm³/mol. The third kappa shape index (κ3) is 2.44. The molecule has 0 bridgehead atoms. The quantitative estimate of drug-likeness (QED) is 0.903. The van der Waals surface area contributed by atoms with Crippen molar-refractivity contribution in [2.75, 3.05) is 13.1 Å². The molecule has 1 unspecified atom stereocenters. The van der Waals surface area contributed by atoms with Crippen molar-refractivity contribution in [2.45, 2.75) is 26.3 Å². The van der Waals surface area contributed by atoms with Gasteiger partial charge in [0.25, 0.3) is 5.91 Å². The first-order chi connectivity index (χ1) is 8.54. The Morgan fingerprint density at radius 2 is 2.39 bits per heavy atom. The second-order valence-electron chi connectivity index (χ2n) is 4.28. The number of carbonyl (C=O) groups excluding carboxylic acids is 2. The molecule has 2 amide bonds. The maximum Gasteiger partial charge on any atom is 0.264 e. The molecule has 1 aliphatic rings. The molecule has 0 radical (unpaired) electrons. The summed E-state index contributed by atoms with van der Waals surface area (Å²) in [6, 6.07) is 1.53. The van der Waals surface area contributed by atoms with Gasteiger partial charge in [0.2, 0.25) is 5.91 Å². The average Bonchev–Trinajstić information content (AvgIpc) is 2.68. The molecule has 1 N–H and O–H groups in total. The molecule has 0 aromatic carbocycles. The smallest absolute Gasteiger partial charge is 0.264 e. The van der Waals surface area contributed by atoms with E-state index < -0.39 is 0 Å². The molecule has 1 aromatic rings. The topological polar surface area (TPSA) is 49.4 Å². The summed E-state index contributed by atoms with van der Waals surface area (Å²) in [7, 11) is 0. The monoisotopic (exact) mass is 330 g/mol. The SMILES string of the molecule is CCC1C(=O)NCCN1C(=O)c1cc(C)c(Br)s1. The Balaban J connectivity index is 2.24. The van der Waals surface area contributed by atoms with Crippen molar-refractivity contribution in [2.24, 2.45) is 0 Å². The van der Waals surface area contributed by atoms with E-state index in [2.05, 4.69) is 21.2 Å². The number of hydrogen-bond acceptors (Lipinski definition) is 3. The molecule has 1 saturated heterocycles. The van der Waals surface area contributed by atoms with Gasteiger partial charge in [-0.15, -0.1) is 11.3 Å². The fraction of sp³-hybridized carbons (Fsp3) is 0.500. The van der Waals surface area contributed by atoms with Crippen molar-refractivity contribution in [3.05, 3.63) is 20.3 Å². The van der Waals surface area contributed by atoms with E-state index in [9.17, 15) is 9.59 Å². The third-order valence-electron chi connectivity index (χ3n) is 3.05. The van der Waals surface area contributed by atoms with Gasteiger partial charge in [0.05, 0.1) is 8.66 Å². The number of nitrogens with one attached hydrogen (secondary N) is 1. The molecule has 1 aromatic heterocycles. The number of halogens is 1. The molecule has 2 heterocycles. The average molecular weight is 331 g/mol. The van der Waals surface area contributed by atoms with Gasteiger partial charge in [-0.1, -0.05) is 6.92 Å². The van der Waals surface area contributed by atoms with Gasteiger partial charge in [-0.3, -0.25) is 9.59 Å². The molecule has 0 spiro atoms. The third-order valence-corrected chi connectivity index (χ3v) is 5.17. The van der Waals surface area contributed by atoms with Crippen LogP contribution in [0, 0.1) is 6.92 Å². The highest BCUT2D eigenvalue weighted by Crippen LogP contribution is 2.29. The van der Waals surface area contributed by atoms with Crippen LogP contribution < -0.4 is 5.32 Å². The summed E-state index contributed by atoms with van der Waals surface area (Å²) in [5.41, 5.74) is 1.05. The van der Waals surface area contributed by atoms with Crippen LogP contribution in [0.2, 0.25) is 0 Å². The van der Waals surface area contributed by atoms with Gasteiger partial charge in [-0.25, -0.2) is 0 Å². The van der Waals surface area contributed by atoms with Gasteiger partial charge < -0.3 is 10.2 Å². The minimum absolute atomic E-state index is 0.0458. The van der Waals surface area contributed by atoms with Gasteiger partial charge in [0.1, 0.15) is 6.04 Å². The Kier molecular flexibility index (Phi) is 4.07. The van der Waals surface area contributed by atoms with E-state index in [0.717, 1.165) is 9.35 Å². The van der Waals surface area contributed by atoms with Crippen LogP contribution in [0.3, 0.4) is 0 Å². The van der Waals surface area contributed by atoms with Crippen molar-refractivity contribution in [3.63, 3.8) is 0 Å². The zero-order valence-corrected chi connectivity index (χ0v) is 12.7. The number of hydrogen-bond donors (Lipinski definition) is 1. The van der Waals surface area contributed by atoms with E-state index in [1.165, 1.54) is 11.3 Å². The van der Waals surface area contributed by atoms with Gasteiger partial charge in [0.15, 0.2) is 0 Å². The molecule has 1 fully saturated rings. The molecular formula is C12H15BrN2O2S. The Morgan fingerprint density at radius 1 is 1.67 bits per heavy atom. The second kappa shape index (κ2) is 5.40. The molecule has 2 rings (SSSR count). The number of nitrogens with zero attached hydrogens (tertiary/aromatic N) is 1. The highest BCUT2D eigenvalue weighted by atomic mass is 79.9. The lowest BCUT2D eigenvalue weighted by Crippen LogP contribution is -2.56. The van der Waals surface area contributed by atoms with Crippen molar-refractivity contribution in [1.82, 2.24) is 10.2 Å². The standard InChI is InChI=1S/C12H15BrN2O2S/c1-3-8-11(16)14-4-5-15(8)12(17)9-6-7(2)10(13)18-9/h6,8H,3-5H2,1-2H3,(H,14,16). The highest BCUT2D eigenvalue weighted by Gasteiger charge is 2.32. The Hall–Kier alpha value is -0.880. The van der Waals surface area contributed by atoms with Crippen LogP contribution >= 0.6 is 27.3 Å². The van der Waals surface area contributed by atoms with Crippen molar-refractivity contribution in [1.29, 1.82) is 0 Å². The summed E-state index contributed by atoms with van der Waals surface area (Å²) in [4.78, 5) is 26.5. The van der Waals surface area contributed by atoms with E-state index >= 15 is 0 Å². The van der Waals surface area contributed by atoms with E-state index in [1.54, 1.807) is 4.90 Å². The molecule has 18 heavy (non-hydrogen) atoms. The fourth-order valence-corrected chi connectivity index (χ4v) is 3.56. The highest BCUT2D eigenvalue weighted by molar-refractivity contribution is 9.11. The van der Waals surface area contributed by atoms with Gasteiger partial charge in [-0.2, -0.15) is 0 Å². The van der Waals surface area contributed by atoms with Gasteiger partial charge >= 0.3 is 0 Å². The summed E-state index contributed by atoms with van der Waals surface area (Å²) in [5.74, 6) is -0.0973. The molecule has 4 nitrogen and oxygen atoms in total. The minimum atomic E-state index is -0.340. The molecule has 1 atom stereocenters. The van der Waals surface area contributed by atoms with E-state index in [4.69, 9.17) is 0 Å². The first kappa shape index (κ1) is 13.5. The maximum atomic E-state index is 12.4. The van der Waals surface area contributed by atoms with Gasteiger partial charge in [0, 0.05) is 13.1 Å². The van der Waals surface area contributed by atoms with Crippen LogP contribution in [-0.4, -0.2) is 35.8 Å². The largest absolute Gasteiger partial charge is 0.353 e. The lowest BCUT2D eigenvalue weighted by atomic mass is 10.1. The van der Waals surface area contributed by atoms with Crippen LogP contribution in [0.1, 0.15) is 28.6 Å². The first-order valence-corrected chi connectivity index (χ1v) is 7.50. The maximum absolute atomic E-state index is 12.4. The Bertz CT molecular complexity index is 467. The molecule has 0 aliphatic carbocycles. The lowest BCUT2D eigenvalue weighted by Gasteiger charge is -2.34. The Morgan fingerprint density at radius 3 is 2.94 bits per heavy atom. The number of rotatable bonds is 2. The van der Waals surface area contributed by atoms with E-state index in [0.29, 0.717) is 24.4 Å². The summed E-state index contributed by atoms with van der Waals surface area (Å²) in [5, 5.41) is 2.80. The molecule has 6 heteroatoms. The zero-order chi connectivity index (χ0) is 13.3.